The number of nitrogens with zero attached hydrogens (tertiary/aromatic N) is 3. The summed E-state index contributed by atoms with van der Waals surface area (Å²) in [5.74, 6) is 0.276. The average molecular weight is 245 g/mol. The van der Waals surface area contributed by atoms with E-state index in [1.54, 1.807) is 12.4 Å². The van der Waals surface area contributed by atoms with Crippen LogP contribution in [0.3, 0.4) is 0 Å². The maximum absolute atomic E-state index is 8.96. The SMILES string of the molecule is CC(Nc1snc(N)c1C#N)c1cccnc1. The van der Waals surface area contributed by atoms with Crippen molar-refractivity contribution in [2.45, 2.75) is 13.0 Å². The molecule has 0 aliphatic heterocycles. The Morgan fingerprint density at radius 1 is 1.59 bits per heavy atom. The van der Waals surface area contributed by atoms with Crippen LogP contribution in [0.1, 0.15) is 24.1 Å². The Morgan fingerprint density at radius 3 is 3.06 bits per heavy atom. The lowest BCUT2D eigenvalue weighted by Crippen LogP contribution is -2.06. The zero-order valence-corrected chi connectivity index (χ0v) is 10.0. The van der Waals surface area contributed by atoms with Gasteiger partial charge in [0.25, 0.3) is 0 Å². The molecule has 2 rings (SSSR count). The Morgan fingerprint density at radius 2 is 2.41 bits per heavy atom. The van der Waals surface area contributed by atoms with Crippen molar-refractivity contribution >= 4 is 22.4 Å². The van der Waals surface area contributed by atoms with Crippen molar-refractivity contribution in [3.8, 4) is 6.07 Å². The molecule has 5 nitrogen and oxygen atoms in total. The second kappa shape index (κ2) is 4.80. The van der Waals surface area contributed by atoms with Gasteiger partial charge < -0.3 is 11.1 Å². The maximum Gasteiger partial charge on any atom is 0.157 e. The molecule has 86 valence electrons. The highest BCUT2D eigenvalue weighted by Crippen LogP contribution is 2.29. The summed E-state index contributed by atoms with van der Waals surface area (Å²) in [5.41, 5.74) is 7.04. The van der Waals surface area contributed by atoms with Gasteiger partial charge in [-0.1, -0.05) is 6.07 Å². The molecule has 6 heteroatoms. The van der Waals surface area contributed by atoms with Gasteiger partial charge in [-0.15, -0.1) is 0 Å². The van der Waals surface area contributed by atoms with Gasteiger partial charge in [0, 0.05) is 12.4 Å². The third-order valence-corrected chi connectivity index (χ3v) is 3.15. The molecule has 0 aromatic carbocycles. The van der Waals surface area contributed by atoms with Crippen molar-refractivity contribution in [3.05, 3.63) is 35.7 Å². The topological polar surface area (TPSA) is 87.6 Å². The van der Waals surface area contributed by atoms with E-state index in [4.69, 9.17) is 11.0 Å². The van der Waals surface area contributed by atoms with Gasteiger partial charge in [-0.2, -0.15) is 9.64 Å². The number of pyridine rings is 1. The summed E-state index contributed by atoms with van der Waals surface area (Å²) in [5, 5.41) is 12.9. The molecule has 1 unspecified atom stereocenters. The van der Waals surface area contributed by atoms with Gasteiger partial charge >= 0.3 is 0 Å². The fourth-order valence-corrected chi connectivity index (χ4v) is 2.17. The van der Waals surface area contributed by atoms with E-state index in [0.717, 1.165) is 5.56 Å². The van der Waals surface area contributed by atoms with Crippen LogP contribution in [0.5, 0.6) is 0 Å². The number of rotatable bonds is 3. The molecule has 17 heavy (non-hydrogen) atoms. The van der Waals surface area contributed by atoms with Crippen LogP contribution in [0.4, 0.5) is 10.8 Å². The summed E-state index contributed by atoms with van der Waals surface area (Å²) in [7, 11) is 0. The van der Waals surface area contributed by atoms with Crippen molar-refractivity contribution < 1.29 is 0 Å². The molecular formula is C11H11N5S. The second-order valence-corrected chi connectivity index (χ2v) is 4.31. The number of nitrogens with one attached hydrogen (secondary N) is 1. The van der Waals surface area contributed by atoms with E-state index < -0.39 is 0 Å². The van der Waals surface area contributed by atoms with Gasteiger partial charge in [0.2, 0.25) is 0 Å². The van der Waals surface area contributed by atoms with Gasteiger partial charge in [0.15, 0.2) is 5.82 Å². The summed E-state index contributed by atoms with van der Waals surface area (Å²) in [6, 6.07) is 5.95. The van der Waals surface area contributed by atoms with Gasteiger partial charge in [-0.25, -0.2) is 0 Å². The lowest BCUT2D eigenvalue weighted by molar-refractivity contribution is 0.879. The minimum atomic E-state index is 0.0515. The minimum absolute atomic E-state index is 0.0515. The summed E-state index contributed by atoms with van der Waals surface area (Å²) in [6.07, 6.45) is 3.51. The zero-order valence-electron chi connectivity index (χ0n) is 9.21. The molecule has 2 aromatic heterocycles. The monoisotopic (exact) mass is 245 g/mol. The normalized spacial score (nSPS) is 11.8. The maximum atomic E-state index is 8.96. The van der Waals surface area contributed by atoms with Gasteiger partial charge in [-0.05, 0) is 30.1 Å². The number of aromatic nitrogens is 2. The fourth-order valence-electron chi connectivity index (χ4n) is 1.42. The Balaban J connectivity index is 2.19. The summed E-state index contributed by atoms with van der Waals surface area (Å²) in [6.45, 7) is 1.99. The van der Waals surface area contributed by atoms with Crippen LogP contribution >= 0.6 is 11.5 Å². The Labute approximate surface area is 103 Å². The molecule has 0 saturated heterocycles. The molecule has 2 aromatic rings. The Kier molecular flexibility index (Phi) is 3.21. The molecule has 0 amide bonds. The van der Waals surface area contributed by atoms with Crippen molar-refractivity contribution in [3.63, 3.8) is 0 Å². The van der Waals surface area contributed by atoms with Crippen molar-refractivity contribution in [1.82, 2.24) is 9.36 Å². The van der Waals surface area contributed by atoms with Gasteiger partial charge in [0.1, 0.15) is 16.6 Å². The van der Waals surface area contributed by atoms with E-state index in [9.17, 15) is 0 Å². The van der Waals surface area contributed by atoms with E-state index in [1.165, 1.54) is 11.5 Å². The molecule has 0 aliphatic rings. The molecule has 0 radical (unpaired) electrons. The minimum Gasteiger partial charge on any atom is -0.382 e. The van der Waals surface area contributed by atoms with E-state index in [-0.39, 0.29) is 11.9 Å². The quantitative estimate of drug-likeness (QED) is 0.865. The zero-order chi connectivity index (χ0) is 12.3. The molecule has 1 atom stereocenters. The third-order valence-electron chi connectivity index (χ3n) is 2.36. The van der Waals surface area contributed by atoms with Gasteiger partial charge in [-0.3, -0.25) is 4.98 Å². The van der Waals surface area contributed by atoms with E-state index in [2.05, 4.69) is 14.7 Å². The first-order valence-electron chi connectivity index (χ1n) is 5.04. The molecule has 0 aliphatic carbocycles. The lowest BCUT2D eigenvalue weighted by Gasteiger charge is -2.13. The van der Waals surface area contributed by atoms with Crippen LogP contribution in [0, 0.1) is 11.3 Å². The molecular weight excluding hydrogens is 234 g/mol. The standard InChI is InChI=1S/C11H11N5S/c1-7(8-3-2-4-14-6-8)15-11-9(5-12)10(13)16-17-11/h2-4,6-7,15H,1H3,(H2,13,16). The molecule has 0 spiro atoms. The number of nitrogens with two attached hydrogens (primary N) is 1. The largest absolute Gasteiger partial charge is 0.382 e. The van der Waals surface area contributed by atoms with Crippen LogP contribution in [0.2, 0.25) is 0 Å². The smallest absolute Gasteiger partial charge is 0.157 e. The first kappa shape index (κ1) is 11.4. The number of hydrogen-bond donors (Lipinski definition) is 2. The van der Waals surface area contributed by atoms with Crippen molar-refractivity contribution in [2.24, 2.45) is 0 Å². The predicted octanol–water partition coefficient (Wildman–Crippen LogP) is 2.17. The van der Waals surface area contributed by atoms with Crippen LogP contribution in [-0.2, 0) is 0 Å². The highest BCUT2D eigenvalue weighted by atomic mass is 32.1. The number of nitriles is 1. The first-order valence-corrected chi connectivity index (χ1v) is 5.81. The van der Waals surface area contributed by atoms with Crippen LogP contribution in [0.25, 0.3) is 0 Å². The van der Waals surface area contributed by atoms with E-state index >= 15 is 0 Å². The lowest BCUT2D eigenvalue weighted by atomic mass is 10.1. The third kappa shape index (κ3) is 2.34. The Bertz CT molecular complexity index is 543. The summed E-state index contributed by atoms with van der Waals surface area (Å²) >= 11 is 1.19. The highest BCUT2D eigenvalue weighted by Gasteiger charge is 2.13. The van der Waals surface area contributed by atoms with Gasteiger partial charge in [0.05, 0.1) is 6.04 Å². The summed E-state index contributed by atoms with van der Waals surface area (Å²) in [4.78, 5) is 4.05. The van der Waals surface area contributed by atoms with E-state index in [1.807, 2.05) is 25.1 Å². The average Bonchev–Trinajstić information content (AvgIpc) is 2.71. The highest BCUT2D eigenvalue weighted by molar-refractivity contribution is 7.10. The number of nitrogen functional groups attached to an aromatic ring is 1. The van der Waals surface area contributed by atoms with Crippen LogP contribution in [-0.4, -0.2) is 9.36 Å². The number of hydrogen-bond acceptors (Lipinski definition) is 6. The molecule has 0 saturated carbocycles. The van der Waals surface area contributed by atoms with Crippen LogP contribution in [0.15, 0.2) is 24.5 Å². The van der Waals surface area contributed by atoms with E-state index in [0.29, 0.717) is 10.6 Å². The Hall–Kier alpha value is -2.13. The summed E-state index contributed by atoms with van der Waals surface area (Å²) < 4.78 is 3.95. The molecule has 2 heterocycles. The molecule has 0 bridgehead atoms. The molecule has 0 fully saturated rings. The first-order chi connectivity index (χ1) is 8.22. The predicted molar refractivity (Wildman–Crippen MR) is 67.5 cm³/mol. The van der Waals surface area contributed by atoms with Crippen molar-refractivity contribution in [2.75, 3.05) is 11.1 Å². The fraction of sp³-hybridized carbons (Fsp3) is 0.182. The molecule has 3 N–H and O–H groups in total. The van der Waals surface area contributed by atoms with Crippen molar-refractivity contribution in [1.29, 1.82) is 5.26 Å². The second-order valence-electron chi connectivity index (χ2n) is 3.54. The number of anilines is 2. The van der Waals surface area contributed by atoms with Crippen LogP contribution < -0.4 is 11.1 Å².